The molecular weight excluding hydrogens is 304 g/mol. The first kappa shape index (κ1) is 16.0. The second kappa shape index (κ2) is 7.56. The van der Waals surface area contributed by atoms with Gasteiger partial charge in [-0.15, -0.1) is 11.3 Å². The number of hydrogen-bond acceptors (Lipinski definition) is 5. The summed E-state index contributed by atoms with van der Waals surface area (Å²) >= 11 is 1.33. The van der Waals surface area contributed by atoms with Gasteiger partial charge >= 0.3 is 5.69 Å². The Kier molecular flexibility index (Phi) is 5.48. The molecule has 116 valence electrons. The fourth-order valence-electron chi connectivity index (χ4n) is 1.79. The van der Waals surface area contributed by atoms with Crippen LogP contribution in [0.1, 0.15) is 28.6 Å². The molecule has 1 amide bonds. The summed E-state index contributed by atoms with van der Waals surface area (Å²) < 4.78 is 5.49. The molecule has 22 heavy (non-hydrogen) atoms. The average Bonchev–Trinajstić information content (AvgIpc) is 2.99. The van der Waals surface area contributed by atoms with Crippen molar-refractivity contribution in [1.29, 1.82) is 0 Å². The standard InChI is InChI=1S/C15H16N2O4S/c1-2-7-16-15(18)14-8-11(10-22-14)9-21-13-6-4-3-5-12(13)17(19)20/h3-6,8,10H,2,7,9H2,1H3,(H,16,18). The fourth-order valence-corrected chi connectivity index (χ4v) is 2.60. The molecule has 0 aliphatic carbocycles. The molecule has 1 aromatic heterocycles. The average molecular weight is 320 g/mol. The van der Waals surface area contributed by atoms with E-state index in [0.717, 1.165) is 12.0 Å². The zero-order valence-corrected chi connectivity index (χ0v) is 12.9. The number of amides is 1. The van der Waals surface area contributed by atoms with Crippen LogP contribution in [0, 0.1) is 10.1 Å². The van der Waals surface area contributed by atoms with Crippen LogP contribution in [0.4, 0.5) is 5.69 Å². The van der Waals surface area contributed by atoms with E-state index in [2.05, 4.69) is 5.32 Å². The number of nitrogens with one attached hydrogen (secondary N) is 1. The van der Waals surface area contributed by atoms with Crippen LogP contribution in [0.3, 0.4) is 0 Å². The summed E-state index contributed by atoms with van der Waals surface area (Å²) in [6.07, 6.45) is 0.880. The van der Waals surface area contributed by atoms with E-state index in [0.29, 0.717) is 11.4 Å². The van der Waals surface area contributed by atoms with Gasteiger partial charge in [-0.25, -0.2) is 0 Å². The third kappa shape index (κ3) is 4.05. The molecule has 2 aromatic rings. The van der Waals surface area contributed by atoms with Gasteiger partial charge in [-0.05, 0) is 23.9 Å². The van der Waals surface area contributed by atoms with Crippen LogP contribution >= 0.6 is 11.3 Å². The first-order chi connectivity index (χ1) is 10.6. The number of ether oxygens (including phenoxy) is 1. The minimum Gasteiger partial charge on any atom is -0.482 e. The van der Waals surface area contributed by atoms with E-state index in [1.807, 2.05) is 12.3 Å². The lowest BCUT2D eigenvalue weighted by atomic mass is 10.3. The van der Waals surface area contributed by atoms with Crippen molar-refractivity contribution in [2.45, 2.75) is 20.0 Å². The monoisotopic (exact) mass is 320 g/mol. The summed E-state index contributed by atoms with van der Waals surface area (Å²) in [6.45, 7) is 2.81. The van der Waals surface area contributed by atoms with Gasteiger partial charge in [0.15, 0.2) is 5.75 Å². The molecule has 0 fully saturated rings. The van der Waals surface area contributed by atoms with Crippen LogP contribution in [0.2, 0.25) is 0 Å². The summed E-state index contributed by atoms with van der Waals surface area (Å²) in [5.74, 6) is 0.111. The van der Waals surface area contributed by atoms with Crippen molar-refractivity contribution in [1.82, 2.24) is 5.32 Å². The summed E-state index contributed by atoms with van der Waals surface area (Å²) in [5, 5.41) is 15.5. The Morgan fingerprint density at radius 1 is 1.41 bits per heavy atom. The van der Waals surface area contributed by atoms with Crippen LogP contribution < -0.4 is 10.1 Å². The van der Waals surface area contributed by atoms with E-state index in [4.69, 9.17) is 4.74 Å². The predicted octanol–water partition coefficient (Wildman–Crippen LogP) is 3.38. The molecule has 0 atom stereocenters. The predicted molar refractivity (Wildman–Crippen MR) is 84.4 cm³/mol. The van der Waals surface area contributed by atoms with Crippen molar-refractivity contribution in [3.63, 3.8) is 0 Å². The van der Waals surface area contributed by atoms with E-state index in [1.54, 1.807) is 24.3 Å². The molecule has 0 spiro atoms. The summed E-state index contributed by atoms with van der Waals surface area (Å²) in [6, 6.07) is 7.96. The lowest BCUT2D eigenvalue weighted by Gasteiger charge is -2.05. The highest BCUT2D eigenvalue weighted by atomic mass is 32.1. The van der Waals surface area contributed by atoms with E-state index < -0.39 is 4.92 Å². The number of nitro groups is 1. The lowest BCUT2D eigenvalue weighted by molar-refractivity contribution is -0.385. The van der Waals surface area contributed by atoms with Crippen molar-refractivity contribution in [2.24, 2.45) is 0 Å². The molecule has 0 saturated heterocycles. The number of nitro benzene ring substituents is 1. The second-order valence-corrected chi connectivity index (χ2v) is 5.50. The Labute approximate surface area is 131 Å². The van der Waals surface area contributed by atoms with Crippen molar-refractivity contribution in [3.05, 3.63) is 56.3 Å². The van der Waals surface area contributed by atoms with Gasteiger partial charge in [0.05, 0.1) is 9.80 Å². The Morgan fingerprint density at radius 3 is 2.91 bits per heavy atom. The summed E-state index contributed by atoms with van der Waals surface area (Å²) in [7, 11) is 0. The van der Waals surface area contributed by atoms with Gasteiger partial charge in [-0.2, -0.15) is 0 Å². The molecule has 6 nitrogen and oxygen atoms in total. The largest absolute Gasteiger partial charge is 0.482 e. The topological polar surface area (TPSA) is 81.5 Å². The maximum Gasteiger partial charge on any atom is 0.310 e. The Morgan fingerprint density at radius 2 is 2.18 bits per heavy atom. The summed E-state index contributed by atoms with van der Waals surface area (Å²) in [5.41, 5.74) is 0.739. The molecule has 1 aromatic carbocycles. The van der Waals surface area contributed by atoms with Gasteiger partial charge in [0.1, 0.15) is 6.61 Å². The quantitative estimate of drug-likeness (QED) is 0.626. The second-order valence-electron chi connectivity index (χ2n) is 4.59. The molecule has 0 radical (unpaired) electrons. The number of nitrogens with zero attached hydrogens (tertiary/aromatic N) is 1. The van der Waals surface area contributed by atoms with E-state index in [9.17, 15) is 14.9 Å². The Bertz CT molecular complexity index is 669. The molecule has 0 bridgehead atoms. The first-order valence-electron chi connectivity index (χ1n) is 6.83. The first-order valence-corrected chi connectivity index (χ1v) is 7.71. The van der Waals surface area contributed by atoms with Crippen LogP contribution in [0.5, 0.6) is 5.75 Å². The summed E-state index contributed by atoms with van der Waals surface area (Å²) in [4.78, 5) is 22.8. The van der Waals surface area contributed by atoms with Crippen LogP contribution in [0.25, 0.3) is 0 Å². The highest BCUT2D eigenvalue weighted by molar-refractivity contribution is 7.12. The molecule has 1 heterocycles. The van der Waals surface area contributed by atoms with Crippen molar-refractivity contribution >= 4 is 22.9 Å². The van der Waals surface area contributed by atoms with Crippen molar-refractivity contribution < 1.29 is 14.5 Å². The maximum absolute atomic E-state index is 11.8. The van der Waals surface area contributed by atoms with Gasteiger partial charge in [-0.1, -0.05) is 19.1 Å². The maximum atomic E-state index is 11.8. The molecule has 1 N–H and O–H groups in total. The highest BCUT2D eigenvalue weighted by Gasteiger charge is 2.14. The van der Waals surface area contributed by atoms with Gasteiger partial charge < -0.3 is 10.1 Å². The van der Waals surface area contributed by atoms with E-state index >= 15 is 0 Å². The fraction of sp³-hybridized carbons (Fsp3) is 0.267. The van der Waals surface area contributed by atoms with Gasteiger partial charge in [0.2, 0.25) is 0 Å². The number of hydrogen-bond donors (Lipinski definition) is 1. The van der Waals surface area contributed by atoms with Crippen LogP contribution in [0.15, 0.2) is 35.7 Å². The van der Waals surface area contributed by atoms with Crippen molar-refractivity contribution in [2.75, 3.05) is 6.54 Å². The number of thiophene rings is 1. The SMILES string of the molecule is CCCNC(=O)c1cc(COc2ccccc2[N+](=O)[O-])cs1. The smallest absolute Gasteiger partial charge is 0.310 e. The van der Waals surface area contributed by atoms with Gasteiger partial charge in [0, 0.05) is 18.2 Å². The molecule has 0 aliphatic rings. The zero-order valence-electron chi connectivity index (χ0n) is 12.1. The zero-order chi connectivity index (χ0) is 15.9. The minimum atomic E-state index is -0.480. The number of para-hydroxylation sites is 2. The molecule has 0 unspecified atom stereocenters. The van der Waals surface area contributed by atoms with Crippen LogP contribution in [-0.4, -0.2) is 17.4 Å². The number of benzene rings is 1. The van der Waals surface area contributed by atoms with Gasteiger partial charge in [0.25, 0.3) is 5.91 Å². The minimum absolute atomic E-state index is 0.0707. The molecule has 2 rings (SSSR count). The van der Waals surface area contributed by atoms with E-state index in [-0.39, 0.29) is 24.0 Å². The third-order valence-corrected chi connectivity index (χ3v) is 3.85. The molecule has 7 heteroatoms. The Balaban J connectivity index is 2.00. The molecule has 0 aliphatic heterocycles. The Hall–Kier alpha value is -2.41. The third-order valence-electron chi connectivity index (χ3n) is 2.87. The molecular formula is C15H16N2O4S. The number of rotatable bonds is 7. The number of carbonyl (C=O) groups excluding carboxylic acids is 1. The lowest BCUT2D eigenvalue weighted by Crippen LogP contribution is -2.22. The highest BCUT2D eigenvalue weighted by Crippen LogP contribution is 2.27. The van der Waals surface area contributed by atoms with Gasteiger partial charge in [-0.3, -0.25) is 14.9 Å². The van der Waals surface area contributed by atoms with Crippen LogP contribution in [-0.2, 0) is 6.61 Å². The normalized spacial score (nSPS) is 10.2. The number of carbonyl (C=O) groups is 1. The van der Waals surface area contributed by atoms with Crippen molar-refractivity contribution in [3.8, 4) is 5.75 Å². The van der Waals surface area contributed by atoms with E-state index in [1.165, 1.54) is 17.4 Å². The molecule has 0 saturated carbocycles.